The van der Waals surface area contributed by atoms with Crippen LogP contribution in [-0.2, 0) is 12.8 Å². The Morgan fingerprint density at radius 1 is 1.29 bits per heavy atom. The molecule has 2 amide bonds. The van der Waals surface area contributed by atoms with Crippen LogP contribution in [0.25, 0.3) is 11.3 Å². The number of aryl methyl sites for hydroxylation is 1. The van der Waals surface area contributed by atoms with Crippen LogP contribution in [0.4, 0.5) is 5.00 Å². The molecule has 0 saturated heterocycles. The Kier molecular flexibility index (Phi) is 6.10. The minimum atomic E-state index is -0.542. The summed E-state index contributed by atoms with van der Waals surface area (Å²) in [6.45, 7) is 3.80. The first-order valence-electron chi connectivity index (χ1n) is 9.98. The topological polar surface area (TPSA) is 98.2 Å². The third-order valence-electron chi connectivity index (χ3n) is 5.71. The quantitative estimate of drug-likeness (QED) is 0.478. The molecule has 0 radical (unpaired) electrons. The summed E-state index contributed by atoms with van der Waals surface area (Å²) in [5, 5.41) is 8.05. The number of hydrogen-bond donors (Lipinski definition) is 2. The van der Waals surface area contributed by atoms with Crippen molar-refractivity contribution in [2.45, 2.75) is 39.5 Å². The number of benzene rings is 1. The zero-order chi connectivity index (χ0) is 22.3. The van der Waals surface area contributed by atoms with Crippen molar-refractivity contribution in [1.82, 2.24) is 5.16 Å². The second-order valence-electron chi connectivity index (χ2n) is 7.60. The highest BCUT2D eigenvalue weighted by atomic mass is 35.5. The Labute approximate surface area is 193 Å². The third kappa shape index (κ3) is 3.97. The molecule has 1 atom stereocenters. The van der Waals surface area contributed by atoms with Gasteiger partial charge in [0, 0.05) is 10.4 Å². The molecule has 0 bridgehead atoms. The van der Waals surface area contributed by atoms with E-state index in [0.717, 1.165) is 36.1 Å². The summed E-state index contributed by atoms with van der Waals surface area (Å²) in [5.41, 5.74) is 7.91. The molecule has 4 rings (SSSR count). The lowest BCUT2D eigenvalue weighted by molar-refractivity contribution is 0.1000. The number of nitrogens with zero attached hydrogens (tertiary/aromatic N) is 1. The Bertz CT molecular complexity index is 1160. The van der Waals surface area contributed by atoms with Crippen molar-refractivity contribution in [1.29, 1.82) is 0 Å². The monoisotopic (exact) mass is 477 g/mol. The van der Waals surface area contributed by atoms with Gasteiger partial charge in [-0.2, -0.15) is 0 Å². The summed E-state index contributed by atoms with van der Waals surface area (Å²) >= 11 is 14.0. The SMILES string of the molecule is CC[C@@H]1CCc2c(sc(NC(=O)c3c(-c4c(Cl)cccc4Cl)noc3C)c2C(N)=O)C1. The number of nitrogens with one attached hydrogen (secondary N) is 1. The van der Waals surface area contributed by atoms with Crippen molar-refractivity contribution < 1.29 is 14.1 Å². The number of hydrogen-bond acceptors (Lipinski definition) is 5. The van der Waals surface area contributed by atoms with E-state index in [1.807, 2.05) is 0 Å². The highest BCUT2D eigenvalue weighted by Gasteiger charge is 2.30. The first-order valence-corrected chi connectivity index (χ1v) is 11.5. The van der Waals surface area contributed by atoms with E-state index < -0.39 is 11.8 Å². The highest BCUT2D eigenvalue weighted by Crippen LogP contribution is 2.41. The van der Waals surface area contributed by atoms with Gasteiger partial charge < -0.3 is 15.6 Å². The van der Waals surface area contributed by atoms with E-state index in [1.165, 1.54) is 11.3 Å². The van der Waals surface area contributed by atoms with Crippen molar-refractivity contribution in [3.63, 3.8) is 0 Å². The number of primary amides is 1. The van der Waals surface area contributed by atoms with E-state index in [-0.39, 0.29) is 11.3 Å². The Morgan fingerprint density at radius 3 is 2.65 bits per heavy atom. The normalized spacial score (nSPS) is 15.5. The van der Waals surface area contributed by atoms with Crippen LogP contribution in [0.2, 0.25) is 10.0 Å². The summed E-state index contributed by atoms with van der Waals surface area (Å²) in [5.74, 6) is -0.113. The largest absolute Gasteiger partial charge is 0.365 e. The molecule has 0 spiro atoms. The number of carbonyl (C=O) groups excluding carboxylic acids is 2. The predicted molar refractivity (Wildman–Crippen MR) is 123 cm³/mol. The lowest BCUT2D eigenvalue weighted by atomic mass is 9.85. The number of rotatable bonds is 5. The molecule has 1 aliphatic rings. The van der Waals surface area contributed by atoms with Gasteiger partial charge in [0.05, 0.1) is 15.6 Å². The zero-order valence-electron chi connectivity index (χ0n) is 17.1. The van der Waals surface area contributed by atoms with E-state index in [0.29, 0.717) is 37.9 Å². The molecule has 3 N–H and O–H groups in total. The standard InChI is InChI=1S/C22H21Cl2N3O3S/c1-3-11-7-8-12-15(9-11)31-22(17(12)20(25)28)26-21(29)16-10(2)30-27-19(16)18-13(23)5-4-6-14(18)24/h4-6,11H,3,7-9H2,1-2H3,(H2,25,28)(H,26,29)/t11-/m1/s1. The predicted octanol–water partition coefficient (Wildman–Crippen LogP) is 5.88. The second-order valence-corrected chi connectivity index (χ2v) is 9.52. The highest BCUT2D eigenvalue weighted by molar-refractivity contribution is 7.17. The van der Waals surface area contributed by atoms with E-state index in [4.69, 9.17) is 33.5 Å². The van der Waals surface area contributed by atoms with Gasteiger partial charge in [-0.25, -0.2) is 0 Å². The van der Waals surface area contributed by atoms with Gasteiger partial charge in [0.2, 0.25) is 0 Å². The van der Waals surface area contributed by atoms with Gasteiger partial charge in [-0.1, -0.05) is 47.8 Å². The first-order chi connectivity index (χ1) is 14.8. The summed E-state index contributed by atoms with van der Waals surface area (Å²) in [7, 11) is 0. The van der Waals surface area contributed by atoms with Crippen LogP contribution < -0.4 is 11.1 Å². The fourth-order valence-corrected chi connectivity index (χ4v) is 5.99. The molecule has 0 fully saturated rings. The molecule has 0 unspecified atom stereocenters. The molecule has 2 heterocycles. The smallest absolute Gasteiger partial charge is 0.262 e. The summed E-state index contributed by atoms with van der Waals surface area (Å²) in [4.78, 5) is 26.6. The number of fused-ring (bicyclic) bond motifs is 1. The lowest BCUT2D eigenvalue weighted by Gasteiger charge is -2.20. The van der Waals surface area contributed by atoms with Crippen LogP contribution in [0.1, 0.15) is 56.7 Å². The van der Waals surface area contributed by atoms with Gasteiger partial charge in [-0.15, -0.1) is 11.3 Å². The molecular formula is C22H21Cl2N3O3S. The van der Waals surface area contributed by atoms with Crippen LogP contribution >= 0.6 is 34.5 Å². The second kappa shape index (κ2) is 8.65. The maximum Gasteiger partial charge on any atom is 0.262 e. The van der Waals surface area contributed by atoms with Crippen molar-refractivity contribution in [3.8, 4) is 11.3 Å². The van der Waals surface area contributed by atoms with E-state index >= 15 is 0 Å². The van der Waals surface area contributed by atoms with Crippen molar-refractivity contribution >= 4 is 51.4 Å². The van der Waals surface area contributed by atoms with Crippen LogP contribution in [0.3, 0.4) is 0 Å². The minimum Gasteiger partial charge on any atom is -0.365 e. The van der Waals surface area contributed by atoms with Crippen LogP contribution in [0.15, 0.2) is 22.7 Å². The maximum atomic E-state index is 13.3. The molecule has 3 aromatic rings. The van der Waals surface area contributed by atoms with Gasteiger partial charge in [0.15, 0.2) is 0 Å². The Hall–Kier alpha value is -2.35. The number of halogens is 2. The van der Waals surface area contributed by atoms with Crippen LogP contribution in [0.5, 0.6) is 0 Å². The van der Waals surface area contributed by atoms with Gasteiger partial charge in [0.25, 0.3) is 11.8 Å². The fraction of sp³-hybridized carbons (Fsp3) is 0.318. The van der Waals surface area contributed by atoms with E-state index in [1.54, 1.807) is 25.1 Å². The molecule has 6 nitrogen and oxygen atoms in total. The lowest BCUT2D eigenvalue weighted by Crippen LogP contribution is -2.20. The van der Waals surface area contributed by atoms with Crippen molar-refractivity contribution in [2.24, 2.45) is 11.7 Å². The zero-order valence-corrected chi connectivity index (χ0v) is 19.4. The summed E-state index contributed by atoms with van der Waals surface area (Å²) in [6, 6.07) is 5.04. The summed E-state index contributed by atoms with van der Waals surface area (Å²) in [6.07, 6.45) is 3.76. The number of nitrogens with two attached hydrogens (primary N) is 1. The fourth-order valence-electron chi connectivity index (χ4n) is 4.05. The molecule has 9 heteroatoms. The average molecular weight is 478 g/mol. The Balaban J connectivity index is 1.73. The molecule has 0 saturated carbocycles. The van der Waals surface area contributed by atoms with Crippen molar-refractivity contribution in [2.75, 3.05) is 5.32 Å². The summed E-state index contributed by atoms with van der Waals surface area (Å²) < 4.78 is 5.29. The van der Waals surface area contributed by atoms with Crippen LogP contribution in [0, 0.1) is 12.8 Å². The van der Waals surface area contributed by atoms with E-state index in [9.17, 15) is 9.59 Å². The number of anilines is 1. The van der Waals surface area contributed by atoms with Gasteiger partial charge in [-0.3, -0.25) is 9.59 Å². The molecule has 1 aromatic carbocycles. The van der Waals surface area contributed by atoms with E-state index in [2.05, 4.69) is 17.4 Å². The van der Waals surface area contributed by atoms with Gasteiger partial charge >= 0.3 is 0 Å². The van der Waals surface area contributed by atoms with Crippen molar-refractivity contribution in [3.05, 3.63) is 55.6 Å². The molecular weight excluding hydrogens is 457 g/mol. The maximum absolute atomic E-state index is 13.3. The van der Waals surface area contributed by atoms with Gasteiger partial charge in [0.1, 0.15) is 22.0 Å². The minimum absolute atomic E-state index is 0.211. The number of carbonyl (C=O) groups is 2. The molecule has 31 heavy (non-hydrogen) atoms. The molecule has 2 aromatic heterocycles. The Morgan fingerprint density at radius 2 is 2.00 bits per heavy atom. The molecule has 1 aliphatic carbocycles. The number of amides is 2. The average Bonchev–Trinajstić information content (AvgIpc) is 3.27. The molecule has 0 aliphatic heterocycles. The third-order valence-corrected chi connectivity index (χ3v) is 7.51. The van der Waals surface area contributed by atoms with Crippen LogP contribution in [-0.4, -0.2) is 17.0 Å². The number of thiophene rings is 1. The number of aromatic nitrogens is 1. The van der Waals surface area contributed by atoms with Gasteiger partial charge in [-0.05, 0) is 49.8 Å². The first kappa shape index (κ1) is 21.9. The molecule has 162 valence electrons.